The largest absolute Gasteiger partial charge is 0.397 e. The topological polar surface area (TPSA) is 68.0 Å². The number of nitrogens with two attached hydrogens (primary N) is 1. The summed E-state index contributed by atoms with van der Waals surface area (Å²) < 4.78 is 0. The zero-order chi connectivity index (χ0) is 13.9. The van der Waals surface area contributed by atoms with E-state index in [0.29, 0.717) is 17.1 Å². The molecule has 3 aromatic rings. The molecule has 3 aromatic heterocycles. The quantitative estimate of drug-likeness (QED) is 0.778. The molecule has 20 heavy (non-hydrogen) atoms. The van der Waals surface area contributed by atoms with E-state index in [1.807, 2.05) is 17.5 Å². The van der Waals surface area contributed by atoms with Gasteiger partial charge in [-0.15, -0.1) is 11.3 Å². The van der Waals surface area contributed by atoms with Gasteiger partial charge >= 0.3 is 0 Å². The molecule has 0 atom stereocenters. The number of rotatable bonds is 4. The Labute approximate surface area is 124 Å². The number of nitrogens with one attached hydrogen (secondary N) is 1. The molecule has 3 heterocycles. The molecule has 6 heteroatoms. The van der Waals surface area contributed by atoms with Gasteiger partial charge < -0.3 is 11.1 Å². The minimum absolute atomic E-state index is 0.124. The molecule has 0 bridgehead atoms. The van der Waals surface area contributed by atoms with Gasteiger partial charge in [0, 0.05) is 18.1 Å². The Bertz CT molecular complexity index is 734. The molecule has 0 radical (unpaired) electrons. The second kappa shape index (κ2) is 5.60. The number of nitrogen functional groups attached to an aromatic ring is 1. The summed E-state index contributed by atoms with van der Waals surface area (Å²) >= 11 is 3.00. The maximum absolute atomic E-state index is 12.2. The van der Waals surface area contributed by atoms with Crippen LogP contribution in [0.15, 0.2) is 35.2 Å². The van der Waals surface area contributed by atoms with Gasteiger partial charge in [-0.2, -0.15) is 11.3 Å². The van der Waals surface area contributed by atoms with E-state index in [-0.39, 0.29) is 5.91 Å². The minimum atomic E-state index is -0.124. The highest BCUT2D eigenvalue weighted by Gasteiger charge is 2.16. The molecular formula is C14H13N3OS2. The lowest BCUT2D eigenvalue weighted by atomic mass is 10.2. The molecule has 102 valence electrons. The monoisotopic (exact) mass is 303 g/mol. The van der Waals surface area contributed by atoms with E-state index >= 15 is 0 Å². The molecule has 0 aromatic carbocycles. The number of hydrogen-bond acceptors (Lipinski definition) is 5. The molecule has 1 amide bonds. The molecular weight excluding hydrogens is 290 g/mol. The van der Waals surface area contributed by atoms with Crippen LogP contribution in [-0.2, 0) is 6.42 Å². The third-order valence-electron chi connectivity index (χ3n) is 2.99. The molecule has 0 spiro atoms. The maximum Gasteiger partial charge on any atom is 0.263 e. The van der Waals surface area contributed by atoms with Crippen molar-refractivity contribution in [3.8, 4) is 0 Å². The predicted octanol–water partition coefficient (Wildman–Crippen LogP) is 2.91. The van der Waals surface area contributed by atoms with Gasteiger partial charge in [0.1, 0.15) is 9.71 Å². The first-order valence-corrected chi connectivity index (χ1v) is 7.94. The van der Waals surface area contributed by atoms with Crippen molar-refractivity contribution in [3.63, 3.8) is 0 Å². The van der Waals surface area contributed by atoms with E-state index in [9.17, 15) is 4.79 Å². The normalized spacial score (nSPS) is 10.8. The molecule has 0 saturated carbocycles. The Hall–Kier alpha value is -1.92. The van der Waals surface area contributed by atoms with Crippen LogP contribution in [0.2, 0.25) is 0 Å². The second-order valence-corrected chi connectivity index (χ2v) is 6.12. The van der Waals surface area contributed by atoms with E-state index in [4.69, 9.17) is 5.73 Å². The van der Waals surface area contributed by atoms with Crippen LogP contribution in [0, 0.1) is 0 Å². The third-order valence-corrected chi connectivity index (χ3v) is 4.85. The number of amides is 1. The van der Waals surface area contributed by atoms with Crippen molar-refractivity contribution in [2.45, 2.75) is 6.42 Å². The van der Waals surface area contributed by atoms with Gasteiger partial charge in [0.2, 0.25) is 0 Å². The summed E-state index contributed by atoms with van der Waals surface area (Å²) in [5.74, 6) is -0.124. The highest BCUT2D eigenvalue weighted by Crippen LogP contribution is 2.31. The first kappa shape index (κ1) is 13.1. The van der Waals surface area contributed by atoms with E-state index in [1.165, 1.54) is 16.9 Å². The summed E-state index contributed by atoms with van der Waals surface area (Å²) in [6.45, 7) is 0.608. The number of carbonyl (C=O) groups is 1. The number of nitrogens with zero attached hydrogens (tertiary/aromatic N) is 1. The summed E-state index contributed by atoms with van der Waals surface area (Å²) in [6.07, 6.45) is 2.54. The van der Waals surface area contributed by atoms with Gasteiger partial charge in [-0.05, 0) is 40.9 Å². The van der Waals surface area contributed by atoms with Gasteiger partial charge in [0.15, 0.2) is 0 Å². The van der Waals surface area contributed by atoms with Gasteiger partial charge in [0.25, 0.3) is 5.91 Å². The zero-order valence-electron chi connectivity index (χ0n) is 10.6. The number of pyridine rings is 1. The molecule has 0 fully saturated rings. The fraction of sp³-hybridized carbons (Fsp3) is 0.143. The van der Waals surface area contributed by atoms with Crippen LogP contribution >= 0.6 is 22.7 Å². The van der Waals surface area contributed by atoms with Gasteiger partial charge in [-0.1, -0.05) is 0 Å². The fourth-order valence-corrected chi connectivity index (χ4v) is 3.64. The number of anilines is 1. The number of hydrogen-bond donors (Lipinski definition) is 2. The van der Waals surface area contributed by atoms with E-state index in [2.05, 4.69) is 21.7 Å². The van der Waals surface area contributed by atoms with Gasteiger partial charge in [-0.25, -0.2) is 4.98 Å². The Balaban J connectivity index is 1.71. The molecule has 4 nitrogen and oxygen atoms in total. The highest BCUT2D eigenvalue weighted by molar-refractivity contribution is 7.21. The van der Waals surface area contributed by atoms with Crippen LogP contribution in [0.1, 0.15) is 15.2 Å². The van der Waals surface area contributed by atoms with E-state index < -0.39 is 0 Å². The standard InChI is InChI=1S/C14H13N3OS2/c15-11-10-2-1-5-17-14(10)20-12(11)13(18)16-6-3-9-4-7-19-8-9/h1-2,4-5,7-8H,3,6,15H2,(H,16,18). The Morgan fingerprint density at radius 1 is 1.40 bits per heavy atom. The summed E-state index contributed by atoms with van der Waals surface area (Å²) in [5, 5.41) is 7.88. The van der Waals surface area contributed by atoms with Crippen LogP contribution in [0.5, 0.6) is 0 Å². The molecule has 0 saturated heterocycles. The molecule has 3 rings (SSSR count). The van der Waals surface area contributed by atoms with Crippen molar-refractivity contribution < 1.29 is 4.79 Å². The van der Waals surface area contributed by atoms with E-state index in [1.54, 1.807) is 17.5 Å². The van der Waals surface area contributed by atoms with Gasteiger partial charge in [0.05, 0.1) is 5.69 Å². The molecule has 0 aliphatic rings. The van der Waals surface area contributed by atoms with Crippen LogP contribution < -0.4 is 11.1 Å². The Morgan fingerprint density at radius 3 is 3.05 bits per heavy atom. The smallest absolute Gasteiger partial charge is 0.263 e. The minimum Gasteiger partial charge on any atom is -0.397 e. The first-order valence-electron chi connectivity index (χ1n) is 6.18. The average molecular weight is 303 g/mol. The summed E-state index contributed by atoms with van der Waals surface area (Å²) in [5.41, 5.74) is 7.77. The zero-order valence-corrected chi connectivity index (χ0v) is 12.3. The summed E-state index contributed by atoms with van der Waals surface area (Å²) in [7, 11) is 0. The van der Waals surface area contributed by atoms with Crippen LogP contribution in [0.3, 0.4) is 0 Å². The molecule has 0 aliphatic heterocycles. The summed E-state index contributed by atoms with van der Waals surface area (Å²) in [6, 6.07) is 5.77. The SMILES string of the molecule is Nc1c(C(=O)NCCc2ccsc2)sc2ncccc12. The second-order valence-electron chi connectivity index (χ2n) is 4.34. The van der Waals surface area contributed by atoms with Crippen molar-refractivity contribution in [1.82, 2.24) is 10.3 Å². The van der Waals surface area contributed by atoms with Gasteiger partial charge in [-0.3, -0.25) is 4.79 Å². The van der Waals surface area contributed by atoms with E-state index in [0.717, 1.165) is 16.6 Å². The van der Waals surface area contributed by atoms with Crippen LogP contribution in [0.25, 0.3) is 10.2 Å². The first-order chi connectivity index (χ1) is 9.75. The predicted molar refractivity (Wildman–Crippen MR) is 84.4 cm³/mol. The lowest BCUT2D eigenvalue weighted by molar-refractivity contribution is 0.0959. The Morgan fingerprint density at radius 2 is 2.30 bits per heavy atom. The van der Waals surface area contributed by atoms with Crippen LogP contribution in [-0.4, -0.2) is 17.4 Å². The molecule has 3 N–H and O–H groups in total. The van der Waals surface area contributed by atoms with Crippen molar-refractivity contribution in [1.29, 1.82) is 0 Å². The van der Waals surface area contributed by atoms with Crippen LogP contribution in [0.4, 0.5) is 5.69 Å². The lowest BCUT2D eigenvalue weighted by Crippen LogP contribution is -2.25. The maximum atomic E-state index is 12.2. The molecule has 0 unspecified atom stereocenters. The summed E-state index contributed by atoms with van der Waals surface area (Å²) in [4.78, 5) is 17.7. The number of aromatic nitrogens is 1. The number of carbonyl (C=O) groups excluding carboxylic acids is 1. The fourth-order valence-electron chi connectivity index (χ4n) is 1.96. The average Bonchev–Trinajstić information content (AvgIpc) is 3.08. The third kappa shape index (κ3) is 2.52. The van der Waals surface area contributed by atoms with Crippen molar-refractivity contribution in [3.05, 3.63) is 45.6 Å². The highest BCUT2D eigenvalue weighted by atomic mass is 32.1. The number of thiophene rings is 2. The van der Waals surface area contributed by atoms with Crippen molar-refractivity contribution in [2.24, 2.45) is 0 Å². The lowest BCUT2D eigenvalue weighted by Gasteiger charge is -2.03. The Kier molecular flexibility index (Phi) is 3.66. The number of fused-ring (bicyclic) bond motifs is 1. The molecule has 0 aliphatic carbocycles. The van der Waals surface area contributed by atoms with Crippen molar-refractivity contribution in [2.75, 3.05) is 12.3 Å². The van der Waals surface area contributed by atoms with Crippen molar-refractivity contribution >= 4 is 44.5 Å².